The van der Waals surface area contributed by atoms with Gasteiger partial charge in [0.1, 0.15) is 5.82 Å². The number of halogens is 1. The molecular formula is C56H72IN9O9S2. The van der Waals surface area contributed by atoms with Gasteiger partial charge in [0.05, 0.1) is 38.8 Å². The third-order valence-electron chi connectivity index (χ3n) is 16.7. The van der Waals surface area contributed by atoms with Crippen LogP contribution in [0.15, 0.2) is 60.8 Å². The number of anilines is 2. The van der Waals surface area contributed by atoms with Crippen LogP contribution in [-0.2, 0) is 44.0 Å². The van der Waals surface area contributed by atoms with E-state index in [2.05, 4.69) is 34.8 Å². The number of amides is 3. The number of carbonyl (C=O) groups is 4. The fourth-order valence-electron chi connectivity index (χ4n) is 13.9. The molecule has 0 spiro atoms. The summed E-state index contributed by atoms with van der Waals surface area (Å²) in [4.78, 5) is 64.2. The lowest BCUT2D eigenvalue weighted by Crippen LogP contribution is -2.65. The van der Waals surface area contributed by atoms with Gasteiger partial charge in [-0.3, -0.25) is 33.8 Å². The number of nitrogens with zero attached hydrogens (tertiary/aromatic N) is 6. The highest BCUT2D eigenvalue weighted by molar-refractivity contribution is 14.1. The number of pyridine rings is 1. The maximum absolute atomic E-state index is 13.7. The van der Waals surface area contributed by atoms with Crippen molar-refractivity contribution in [3.63, 3.8) is 0 Å². The lowest BCUT2D eigenvalue weighted by molar-refractivity contribution is -0.248. The van der Waals surface area contributed by atoms with Crippen LogP contribution < -0.4 is 20.9 Å². The molecule has 5 aliphatic rings. The van der Waals surface area contributed by atoms with Crippen LogP contribution in [0.3, 0.4) is 0 Å². The largest absolute Gasteiger partial charge is 0.476 e. The third-order valence-corrected chi connectivity index (χ3v) is 19.1. The number of carboxylic acids is 1. The minimum Gasteiger partial charge on any atom is -0.476 e. The number of alkyl halides is 1. The second-order valence-corrected chi connectivity index (χ2v) is 25.6. The highest BCUT2D eigenvalue weighted by atomic mass is 127. The molecule has 10 rings (SSSR count). The Morgan fingerprint density at radius 1 is 0.922 bits per heavy atom. The topological polar surface area (TPSA) is 238 Å². The molecule has 3 aromatic heterocycles. The van der Waals surface area contributed by atoms with E-state index in [0.717, 1.165) is 84.8 Å². The Bertz CT molecular complexity index is 3060. The van der Waals surface area contributed by atoms with E-state index in [-0.39, 0.29) is 46.4 Å². The molecule has 4 bridgehead atoms. The number of hydrogen-bond donors (Lipinski definition) is 5. The van der Waals surface area contributed by atoms with Crippen molar-refractivity contribution >= 4 is 88.9 Å². The summed E-state index contributed by atoms with van der Waals surface area (Å²) in [6, 6.07) is 17.2. The highest BCUT2D eigenvalue weighted by Crippen LogP contribution is 2.70. The van der Waals surface area contributed by atoms with Gasteiger partial charge in [0.2, 0.25) is 11.8 Å². The summed E-state index contributed by atoms with van der Waals surface area (Å²) in [5.41, 5.74) is 4.85. The molecule has 414 valence electrons. The van der Waals surface area contributed by atoms with E-state index in [9.17, 15) is 37.3 Å². The van der Waals surface area contributed by atoms with Gasteiger partial charge < -0.3 is 25.4 Å². The summed E-state index contributed by atoms with van der Waals surface area (Å²) in [5.74, 6) is -0.285. The Balaban J connectivity index is 0.846. The fourth-order valence-corrected chi connectivity index (χ4v) is 15.5. The second-order valence-electron chi connectivity index (χ2n) is 22.3. The Labute approximate surface area is 468 Å². The number of unbranched alkanes of at least 4 members (excludes halogenated alkanes) is 2. The first-order chi connectivity index (χ1) is 36.9. The lowest BCUT2D eigenvalue weighted by Gasteiger charge is -2.68. The molecule has 21 heteroatoms. The van der Waals surface area contributed by atoms with Crippen LogP contribution in [-0.4, -0.2) is 128 Å². The molecule has 5 aromatic rings. The summed E-state index contributed by atoms with van der Waals surface area (Å²) in [6.07, 6.45) is 11.7. The van der Waals surface area contributed by atoms with Crippen LogP contribution in [0, 0.1) is 29.6 Å². The van der Waals surface area contributed by atoms with Crippen molar-refractivity contribution in [1.29, 1.82) is 0 Å². The number of benzene rings is 2. The second kappa shape index (κ2) is 24.1. The van der Waals surface area contributed by atoms with E-state index in [1.54, 1.807) is 6.20 Å². The van der Waals surface area contributed by atoms with Crippen LogP contribution in [0.1, 0.15) is 122 Å². The van der Waals surface area contributed by atoms with E-state index in [0.29, 0.717) is 116 Å². The predicted octanol–water partition coefficient (Wildman–Crippen LogP) is 8.57. The van der Waals surface area contributed by atoms with Crippen LogP contribution in [0.5, 0.6) is 0 Å². The Morgan fingerprint density at radius 3 is 2.49 bits per heavy atom. The number of thiazole rings is 1. The number of hydrogen-bond acceptors (Lipinski definition) is 13. The highest BCUT2D eigenvalue weighted by Gasteiger charge is 2.65. The first-order valence-electron chi connectivity index (χ1n) is 27.1. The molecule has 4 saturated carbocycles. The van der Waals surface area contributed by atoms with Crippen LogP contribution in [0.25, 0.3) is 21.3 Å². The molecule has 1 aliphatic heterocycles. The minimum absolute atomic E-state index is 0.0106. The number of nitrogens with one attached hydrogen (secondary N) is 3. The molecular weight excluding hydrogens is 1130 g/mol. The van der Waals surface area contributed by atoms with Gasteiger partial charge in [0.25, 0.3) is 16.0 Å². The zero-order valence-corrected chi connectivity index (χ0v) is 48.1. The van der Waals surface area contributed by atoms with Gasteiger partial charge in [-0.2, -0.15) is 13.5 Å². The number of para-hydroxylation sites is 1. The number of aromatic nitrogens is 4. The normalized spacial score (nSPS) is 22.6. The zero-order chi connectivity index (χ0) is 54.5. The summed E-state index contributed by atoms with van der Waals surface area (Å²) in [6.45, 7) is 10.9. The quantitative estimate of drug-likeness (QED) is 0.0151. The molecule has 5 N–H and O–H groups in total. The zero-order valence-electron chi connectivity index (χ0n) is 44.3. The number of carboxylic acid groups (broad SMARTS) is 1. The van der Waals surface area contributed by atoms with Gasteiger partial charge in [-0.25, -0.2) is 14.8 Å². The summed E-state index contributed by atoms with van der Waals surface area (Å²) >= 11 is 3.45. The van der Waals surface area contributed by atoms with Crippen LogP contribution in [0.4, 0.5) is 10.9 Å². The number of fused-ring (bicyclic) bond motifs is 2. The van der Waals surface area contributed by atoms with E-state index in [4.69, 9.17) is 14.8 Å². The molecule has 4 fully saturated rings. The molecule has 5 unspecified atom stereocenters. The average Bonchev–Trinajstić information content (AvgIpc) is 4.07. The molecule has 3 amide bonds. The molecule has 4 heterocycles. The molecule has 2 aromatic carbocycles. The number of ether oxygens (including phenoxy) is 1. The van der Waals surface area contributed by atoms with Gasteiger partial charge in [-0.1, -0.05) is 84.9 Å². The minimum atomic E-state index is -4.19. The van der Waals surface area contributed by atoms with E-state index < -0.39 is 21.8 Å². The number of rotatable bonds is 26. The van der Waals surface area contributed by atoms with Gasteiger partial charge in [0, 0.05) is 74.6 Å². The smallest absolute Gasteiger partial charge is 0.355 e. The Hall–Kier alpha value is -5.07. The molecule has 5 atom stereocenters. The molecule has 18 nitrogen and oxygen atoms in total. The number of carbonyl (C=O) groups excluding carboxylic acids is 3. The maximum Gasteiger partial charge on any atom is 0.355 e. The summed E-state index contributed by atoms with van der Waals surface area (Å²) in [5, 5.41) is 25.0. The standard InChI is InChI=1S/C56H72IN9O9S2/c1-4-44-39-28-55(33-54(44,3)34-56(29-39,35-55)75-26-24-64(25-27-77(72,73)74)22-11-21-58-48(67)16-6-5-9-20-59-49(68)30-57)36-66-37(2)42(31-60-66)40-17-18-47(62-50(40)52(70)71)65-23-19-38-12-10-13-41(43(38)32-65)51(69)63-53-61-45-14-7-8-15-46(45)76-53/h7-8,10,12-15,17-18,31,39,44H,4-6,9,11,16,19-30,32-36H2,1-3H3,(H,58,67)(H,59,68)(H,70,71)(H,61,63,69)(H,72,73,74). The van der Waals surface area contributed by atoms with E-state index in [1.807, 2.05) is 98.6 Å². The summed E-state index contributed by atoms with van der Waals surface area (Å²) in [7, 11) is -4.19. The monoisotopic (exact) mass is 1210 g/mol. The van der Waals surface area contributed by atoms with Crippen molar-refractivity contribution in [2.45, 2.75) is 117 Å². The molecule has 0 saturated heterocycles. The van der Waals surface area contributed by atoms with Crippen molar-refractivity contribution in [3.05, 3.63) is 88.9 Å². The van der Waals surface area contributed by atoms with Gasteiger partial charge in [-0.05, 0) is 135 Å². The number of aromatic carboxylic acids is 1. The molecule has 77 heavy (non-hydrogen) atoms. The Kier molecular flexibility index (Phi) is 17.7. The van der Waals surface area contributed by atoms with Crippen molar-refractivity contribution in [2.75, 3.05) is 66.3 Å². The third kappa shape index (κ3) is 13.3. The average molecular weight is 1210 g/mol. The van der Waals surface area contributed by atoms with E-state index >= 15 is 0 Å². The van der Waals surface area contributed by atoms with Crippen molar-refractivity contribution in [1.82, 2.24) is 35.3 Å². The van der Waals surface area contributed by atoms with Crippen molar-refractivity contribution in [2.24, 2.45) is 22.7 Å². The van der Waals surface area contributed by atoms with Gasteiger partial charge in [-0.15, -0.1) is 0 Å². The van der Waals surface area contributed by atoms with Crippen LogP contribution >= 0.6 is 33.9 Å². The molecule has 0 radical (unpaired) electrons. The Morgan fingerprint density at radius 2 is 1.73 bits per heavy atom. The maximum atomic E-state index is 13.7. The summed E-state index contributed by atoms with van der Waals surface area (Å²) < 4.78 is 43.9. The first-order valence-corrected chi connectivity index (χ1v) is 31.0. The molecule has 4 aliphatic carbocycles. The van der Waals surface area contributed by atoms with Gasteiger partial charge >= 0.3 is 5.97 Å². The van der Waals surface area contributed by atoms with Gasteiger partial charge in [0.15, 0.2) is 10.8 Å². The first kappa shape index (κ1) is 56.6. The predicted molar refractivity (Wildman–Crippen MR) is 306 cm³/mol. The lowest BCUT2D eigenvalue weighted by atomic mass is 9.39. The van der Waals surface area contributed by atoms with Crippen LogP contribution in [0.2, 0.25) is 0 Å². The van der Waals surface area contributed by atoms with E-state index in [1.165, 1.54) is 11.3 Å². The SMILES string of the molecule is CCC1C2CC3(Cn4ncc(-c5ccc(N6CCc7cccc(C(=O)Nc8nc9ccccc9s8)c7C6)nc5C(=O)O)c4C)CC(OCCN(CCCNC(=O)CCCCCNC(=O)CI)CCS(=O)(=O)O)(C2)CC1(C)C3. The van der Waals surface area contributed by atoms with Crippen molar-refractivity contribution in [3.8, 4) is 11.1 Å². The van der Waals surface area contributed by atoms with Crippen molar-refractivity contribution < 1.29 is 42.0 Å². The fraction of sp³-hybridized carbons (Fsp3) is 0.554.